The molecule has 0 aromatic rings. The topological polar surface area (TPSA) is 57.5 Å². The average molecular weight is 129 g/mol. The second-order valence-corrected chi connectivity index (χ2v) is 0.283. The Morgan fingerprint density at radius 1 is 1.50 bits per heavy atom. The predicted octanol–water partition coefficient (Wildman–Crippen LogP) is -2.66. The Morgan fingerprint density at radius 3 is 1.50 bits per heavy atom. The monoisotopic (exact) mass is 129 g/mol. The van der Waals surface area contributed by atoms with E-state index in [1.807, 2.05) is 0 Å². The zero-order valence-corrected chi connectivity index (χ0v) is 4.18. The van der Waals surface area contributed by atoms with Gasteiger partial charge in [-0.2, -0.15) is 0 Å². The Hall–Kier alpha value is 0.374. The maximum atomic E-state index is 8.56. The standard InChI is InChI=1S/CH2O3.Co.Li.H/c2-1(3)4;;;/h(H2,2,3,4);;;/q;;+1;-1. The van der Waals surface area contributed by atoms with Crippen molar-refractivity contribution in [2.24, 2.45) is 0 Å². The van der Waals surface area contributed by atoms with Crippen molar-refractivity contribution in [3.63, 3.8) is 0 Å². The average Bonchev–Trinajstić information content (AvgIpc) is 0.811. The predicted molar refractivity (Wildman–Crippen MR) is 11.8 cm³/mol. The quantitative estimate of drug-likeness (QED) is 0.351. The summed E-state index contributed by atoms with van der Waals surface area (Å²) in [5, 5.41) is 13.9. The van der Waals surface area contributed by atoms with E-state index >= 15 is 0 Å². The molecular weight excluding hydrogens is 126 g/mol. The van der Waals surface area contributed by atoms with Crippen LogP contribution in [0.1, 0.15) is 1.43 Å². The Labute approximate surface area is 58.6 Å². The summed E-state index contributed by atoms with van der Waals surface area (Å²) >= 11 is 0. The van der Waals surface area contributed by atoms with Crippen LogP contribution in [-0.2, 0) is 16.8 Å². The van der Waals surface area contributed by atoms with E-state index in [0.717, 1.165) is 0 Å². The number of rotatable bonds is 0. The van der Waals surface area contributed by atoms with Crippen molar-refractivity contribution in [2.75, 3.05) is 0 Å². The fraction of sp³-hybridized carbons (Fsp3) is 0. The van der Waals surface area contributed by atoms with Crippen LogP contribution in [0.3, 0.4) is 0 Å². The largest absolute Gasteiger partial charge is 1.00 e. The van der Waals surface area contributed by atoms with Crippen LogP contribution in [0, 0.1) is 0 Å². The Balaban J connectivity index is -0.0000000150. The van der Waals surface area contributed by atoms with Crippen LogP contribution in [0.2, 0.25) is 0 Å². The Morgan fingerprint density at radius 2 is 1.50 bits per heavy atom. The number of hydrogen-bond acceptors (Lipinski definition) is 1. The minimum Gasteiger partial charge on any atom is -1.00 e. The van der Waals surface area contributed by atoms with Crippen LogP contribution in [0.15, 0.2) is 0 Å². The molecule has 0 heterocycles. The van der Waals surface area contributed by atoms with E-state index in [-0.39, 0.29) is 37.1 Å². The van der Waals surface area contributed by atoms with Crippen LogP contribution in [0.5, 0.6) is 0 Å². The Bertz CT molecular complexity index is 37.9. The molecule has 0 saturated carbocycles. The molecule has 0 saturated heterocycles. The summed E-state index contributed by atoms with van der Waals surface area (Å²) in [7, 11) is 0. The van der Waals surface area contributed by atoms with E-state index in [0.29, 0.717) is 0 Å². The van der Waals surface area contributed by atoms with Crippen LogP contribution >= 0.6 is 0 Å². The first-order chi connectivity index (χ1) is 1.73. The summed E-state index contributed by atoms with van der Waals surface area (Å²) in [6.07, 6.45) is -1.83. The Kier molecular flexibility index (Phi) is 24.3. The number of carbonyl (C=O) groups is 1. The molecule has 0 amide bonds. The first kappa shape index (κ1) is 16.2. The van der Waals surface area contributed by atoms with Gasteiger partial charge in [-0.05, 0) is 0 Å². The molecule has 5 heteroatoms. The molecule has 0 aliphatic carbocycles. The zero-order valence-electron chi connectivity index (χ0n) is 4.14. The minimum atomic E-state index is -1.83. The molecule has 0 bridgehead atoms. The summed E-state index contributed by atoms with van der Waals surface area (Å²) in [6, 6.07) is 0. The van der Waals surface area contributed by atoms with Crippen molar-refractivity contribution >= 4 is 6.16 Å². The van der Waals surface area contributed by atoms with E-state index in [1.165, 1.54) is 0 Å². The molecule has 1 radical (unpaired) electrons. The fourth-order valence-corrected chi connectivity index (χ4v) is 0. The molecule has 0 rings (SSSR count). The van der Waals surface area contributed by atoms with Gasteiger partial charge < -0.3 is 11.6 Å². The van der Waals surface area contributed by atoms with Crippen molar-refractivity contribution < 1.29 is 52.1 Å². The van der Waals surface area contributed by atoms with Gasteiger partial charge in [0.25, 0.3) is 0 Å². The number of carboxylic acid groups (broad SMARTS) is 2. The summed E-state index contributed by atoms with van der Waals surface area (Å²) in [5.74, 6) is 0. The van der Waals surface area contributed by atoms with Gasteiger partial charge in [0, 0.05) is 16.8 Å². The van der Waals surface area contributed by atoms with Crippen LogP contribution in [0.25, 0.3) is 0 Å². The third-order valence-corrected chi connectivity index (χ3v) is 0. The van der Waals surface area contributed by atoms with Crippen LogP contribution < -0.4 is 18.9 Å². The normalized spacial score (nSPS) is 4.00. The molecular formula is CH3CoLiO3. The van der Waals surface area contributed by atoms with E-state index in [2.05, 4.69) is 0 Å². The summed E-state index contributed by atoms with van der Waals surface area (Å²) in [4.78, 5) is 8.56. The van der Waals surface area contributed by atoms with Crippen molar-refractivity contribution in [3.8, 4) is 0 Å². The molecule has 0 aliphatic rings. The van der Waals surface area contributed by atoms with Crippen LogP contribution in [0.4, 0.5) is 4.79 Å². The maximum Gasteiger partial charge on any atom is 1.00 e. The summed E-state index contributed by atoms with van der Waals surface area (Å²) < 4.78 is 0. The van der Waals surface area contributed by atoms with Crippen molar-refractivity contribution in [1.82, 2.24) is 0 Å². The molecule has 3 nitrogen and oxygen atoms in total. The van der Waals surface area contributed by atoms with Gasteiger partial charge in [-0.1, -0.05) is 0 Å². The molecule has 0 aromatic heterocycles. The summed E-state index contributed by atoms with van der Waals surface area (Å²) in [6.45, 7) is 0. The zero-order chi connectivity index (χ0) is 3.58. The molecule has 0 spiro atoms. The number of hydrogen-bond donors (Lipinski definition) is 2. The smallest absolute Gasteiger partial charge is 1.00 e. The molecule has 0 aromatic carbocycles. The van der Waals surface area contributed by atoms with Crippen LogP contribution in [-0.4, -0.2) is 16.4 Å². The molecule has 6 heavy (non-hydrogen) atoms. The molecule has 0 unspecified atom stereocenters. The van der Waals surface area contributed by atoms with Gasteiger partial charge in [0.2, 0.25) is 0 Å². The van der Waals surface area contributed by atoms with Crippen molar-refractivity contribution in [2.45, 2.75) is 0 Å². The molecule has 2 N–H and O–H groups in total. The van der Waals surface area contributed by atoms with Gasteiger partial charge in [0.1, 0.15) is 0 Å². The van der Waals surface area contributed by atoms with Gasteiger partial charge in [-0.3, -0.25) is 0 Å². The van der Waals surface area contributed by atoms with E-state index < -0.39 is 6.16 Å². The van der Waals surface area contributed by atoms with Gasteiger partial charge >= 0.3 is 25.0 Å². The fourth-order valence-electron chi connectivity index (χ4n) is 0. The second-order valence-electron chi connectivity index (χ2n) is 0.283. The maximum absolute atomic E-state index is 8.56. The molecule has 0 aliphatic heterocycles. The van der Waals surface area contributed by atoms with E-state index in [9.17, 15) is 0 Å². The van der Waals surface area contributed by atoms with Gasteiger partial charge in [0.05, 0.1) is 0 Å². The first-order valence-electron chi connectivity index (χ1n) is 0.651. The van der Waals surface area contributed by atoms with Gasteiger partial charge in [-0.25, -0.2) is 4.79 Å². The molecule has 0 atom stereocenters. The van der Waals surface area contributed by atoms with Crippen molar-refractivity contribution in [3.05, 3.63) is 0 Å². The van der Waals surface area contributed by atoms with E-state index in [4.69, 9.17) is 15.0 Å². The molecule has 0 fully saturated rings. The van der Waals surface area contributed by atoms with Crippen molar-refractivity contribution in [1.29, 1.82) is 0 Å². The third kappa shape index (κ3) is 356. The second kappa shape index (κ2) is 9.03. The SMILES string of the molecule is O=C(O)O.[Co].[H-].[Li+]. The third-order valence-electron chi connectivity index (χ3n) is 0. The van der Waals surface area contributed by atoms with Gasteiger partial charge in [0.15, 0.2) is 0 Å². The molecule has 35 valence electrons. The van der Waals surface area contributed by atoms with E-state index in [1.54, 1.807) is 0 Å². The minimum absolute atomic E-state index is 0. The first-order valence-corrected chi connectivity index (χ1v) is 0.651. The summed E-state index contributed by atoms with van der Waals surface area (Å²) in [5.41, 5.74) is 0. The van der Waals surface area contributed by atoms with Gasteiger partial charge in [-0.15, -0.1) is 0 Å².